The first-order valence-electron chi connectivity index (χ1n) is 3.77. The van der Waals surface area contributed by atoms with Crippen LogP contribution in [-0.4, -0.2) is 50.7 Å². The van der Waals surface area contributed by atoms with Crippen LogP contribution in [0.2, 0.25) is 0 Å². The molecule has 0 atom stereocenters. The third kappa shape index (κ3) is 4.73. The smallest absolute Gasteiger partial charge is 0.0258 e. The molecule has 0 rings (SSSR count). The molecule has 0 aromatic heterocycles. The van der Waals surface area contributed by atoms with Gasteiger partial charge in [-0.05, 0) is 21.1 Å². The van der Waals surface area contributed by atoms with Crippen molar-refractivity contribution in [2.45, 2.75) is 6.92 Å². The monoisotopic (exact) mass is 145 g/mol. The molecule has 3 heteroatoms. The number of nitrogens with one attached hydrogen (secondary N) is 1. The molecule has 0 aromatic carbocycles. The third-order valence-corrected chi connectivity index (χ3v) is 1.52. The van der Waals surface area contributed by atoms with Crippen molar-refractivity contribution in [1.82, 2.24) is 15.3 Å². The lowest BCUT2D eigenvalue weighted by molar-refractivity contribution is 0.196. The largest absolute Gasteiger partial charge is 0.308 e. The minimum atomic E-state index is 1.06. The second-order valence-electron chi connectivity index (χ2n) is 2.61. The summed E-state index contributed by atoms with van der Waals surface area (Å²) in [4.78, 5) is 2.18. The normalized spacial score (nSPS) is 11.4. The molecule has 0 heterocycles. The van der Waals surface area contributed by atoms with Gasteiger partial charge >= 0.3 is 0 Å². The average molecular weight is 145 g/mol. The minimum Gasteiger partial charge on any atom is -0.308 e. The number of likely N-dealkylation sites (N-methyl/N-ethyl adjacent to an activating group) is 2. The predicted molar refractivity (Wildman–Crippen MR) is 44.9 cm³/mol. The van der Waals surface area contributed by atoms with Gasteiger partial charge in [-0.2, -0.15) is 0 Å². The van der Waals surface area contributed by atoms with Crippen molar-refractivity contribution in [2.24, 2.45) is 0 Å². The highest BCUT2D eigenvalue weighted by Gasteiger charge is 1.97. The summed E-state index contributed by atoms with van der Waals surface area (Å²) in [5, 5.41) is 2.18. The first-order valence-corrected chi connectivity index (χ1v) is 3.77. The molecule has 0 fully saturated rings. The van der Waals surface area contributed by atoms with Crippen molar-refractivity contribution < 1.29 is 0 Å². The SMILES string of the molecule is CCN(CCN(C)C)NC. The molecule has 0 aliphatic heterocycles. The number of hydrazine groups is 1. The zero-order valence-corrected chi connectivity index (χ0v) is 7.52. The molecular formula is C7H19N3. The summed E-state index contributed by atoms with van der Waals surface area (Å²) >= 11 is 0. The van der Waals surface area contributed by atoms with Gasteiger partial charge < -0.3 is 4.90 Å². The zero-order valence-electron chi connectivity index (χ0n) is 7.52. The van der Waals surface area contributed by atoms with Gasteiger partial charge in [0.25, 0.3) is 0 Å². The van der Waals surface area contributed by atoms with Crippen LogP contribution < -0.4 is 5.43 Å². The Balaban J connectivity index is 3.26. The van der Waals surface area contributed by atoms with E-state index in [0.717, 1.165) is 19.6 Å². The lowest BCUT2D eigenvalue weighted by atomic mass is 10.5. The van der Waals surface area contributed by atoms with Gasteiger partial charge in [0.2, 0.25) is 0 Å². The van der Waals surface area contributed by atoms with E-state index in [1.165, 1.54) is 0 Å². The average Bonchev–Trinajstić information content (AvgIpc) is 1.90. The Hall–Kier alpha value is -0.120. The number of hydrogen-bond acceptors (Lipinski definition) is 3. The lowest BCUT2D eigenvalue weighted by Crippen LogP contribution is -2.39. The maximum atomic E-state index is 3.11. The minimum absolute atomic E-state index is 1.06. The van der Waals surface area contributed by atoms with Gasteiger partial charge in [-0.3, -0.25) is 5.43 Å². The Labute approximate surface area is 64.0 Å². The molecule has 0 aliphatic rings. The van der Waals surface area contributed by atoms with Gasteiger partial charge in [-0.15, -0.1) is 0 Å². The Morgan fingerprint density at radius 1 is 1.20 bits per heavy atom. The van der Waals surface area contributed by atoms with Crippen LogP contribution in [0.25, 0.3) is 0 Å². The van der Waals surface area contributed by atoms with E-state index in [2.05, 4.69) is 36.4 Å². The fourth-order valence-corrected chi connectivity index (χ4v) is 0.749. The van der Waals surface area contributed by atoms with Gasteiger partial charge in [-0.1, -0.05) is 6.92 Å². The van der Waals surface area contributed by atoms with Crippen molar-refractivity contribution in [3.63, 3.8) is 0 Å². The van der Waals surface area contributed by atoms with Crippen LogP contribution in [0.3, 0.4) is 0 Å². The fraction of sp³-hybridized carbons (Fsp3) is 1.00. The van der Waals surface area contributed by atoms with Crippen LogP contribution in [0.4, 0.5) is 0 Å². The highest BCUT2D eigenvalue weighted by Crippen LogP contribution is 1.81. The van der Waals surface area contributed by atoms with Gasteiger partial charge in [0.05, 0.1) is 0 Å². The fourth-order valence-electron chi connectivity index (χ4n) is 0.749. The van der Waals surface area contributed by atoms with Crippen molar-refractivity contribution in [1.29, 1.82) is 0 Å². The summed E-state index contributed by atoms with van der Waals surface area (Å²) in [5.74, 6) is 0. The first kappa shape index (κ1) is 9.88. The zero-order chi connectivity index (χ0) is 7.98. The van der Waals surface area contributed by atoms with E-state index >= 15 is 0 Å². The molecule has 3 nitrogen and oxygen atoms in total. The van der Waals surface area contributed by atoms with Crippen molar-refractivity contribution in [2.75, 3.05) is 40.8 Å². The van der Waals surface area contributed by atoms with Crippen molar-refractivity contribution >= 4 is 0 Å². The standard InChI is InChI=1S/C7H19N3/c1-5-10(8-2)7-6-9(3)4/h8H,5-7H2,1-4H3. The molecule has 0 unspecified atom stereocenters. The van der Waals surface area contributed by atoms with Gasteiger partial charge in [0.15, 0.2) is 0 Å². The van der Waals surface area contributed by atoms with E-state index in [1.54, 1.807) is 0 Å². The lowest BCUT2D eigenvalue weighted by Gasteiger charge is -2.20. The van der Waals surface area contributed by atoms with Gasteiger partial charge in [0, 0.05) is 19.6 Å². The molecule has 0 amide bonds. The molecule has 0 aliphatic carbocycles. The van der Waals surface area contributed by atoms with Crippen LogP contribution in [-0.2, 0) is 0 Å². The van der Waals surface area contributed by atoms with E-state index in [4.69, 9.17) is 0 Å². The third-order valence-electron chi connectivity index (χ3n) is 1.52. The molecule has 10 heavy (non-hydrogen) atoms. The van der Waals surface area contributed by atoms with Gasteiger partial charge in [-0.25, -0.2) is 5.01 Å². The van der Waals surface area contributed by atoms with Crippen molar-refractivity contribution in [3.8, 4) is 0 Å². The van der Waals surface area contributed by atoms with Crippen LogP contribution in [0, 0.1) is 0 Å². The maximum absolute atomic E-state index is 3.11. The predicted octanol–water partition coefficient (Wildman–Crippen LogP) is 0.00430. The first-order chi connectivity index (χ1) is 4.70. The van der Waals surface area contributed by atoms with Crippen LogP contribution in [0.15, 0.2) is 0 Å². The van der Waals surface area contributed by atoms with Crippen LogP contribution in [0.5, 0.6) is 0 Å². The topological polar surface area (TPSA) is 18.5 Å². The molecule has 0 saturated carbocycles. The van der Waals surface area contributed by atoms with E-state index in [1.807, 2.05) is 7.05 Å². The Kier molecular flexibility index (Phi) is 5.58. The van der Waals surface area contributed by atoms with Crippen molar-refractivity contribution in [3.05, 3.63) is 0 Å². The number of hydrogen-bond donors (Lipinski definition) is 1. The Bertz CT molecular complexity index is 69.3. The summed E-state index contributed by atoms with van der Waals surface area (Å²) in [6.45, 7) is 5.39. The highest BCUT2D eigenvalue weighted by atomic mass is 15.5. The highest BCUT2D eigenvalue weighted by molar-refractivity contribution is 4.49. The molecule has 62 valence electrons. The van der Waals surface area contributed by atoms with E-state index in [0.29, 0.717) is 0 Å². The molecular weight excluding hydrogens is 126 g/mol. The molecule has 0 spiro atoms. The van der Waals surface area contributed by atoms with Crippen LogP contribution >= 0.6 is 0 Å². The Morgan fingerprint density at radius 3 is 2.10 bits per heavy atom. The molecule has 0 aromatic rings. The van der Waals surface area contributed by atoms with E-state index in [9.17, 15) is 0 Å². The summed E-state index contributed by atoms with van der Waals surface area (Å²) in [6, 6.07) is 0. The number of nitrogens with zero attached hydrogens (tertiary/aromatic N) is 2. The second-order valence-corrected chi connectivity index (χ2v) is 2.61. The summed E-state index contributed by atoms with van der Waals surface area (Å²) in [6.07, 6.45) is 0. The molecule has 0 radical (unpaired) electrons. The maximum Gasteiger partial charge on any atom is 0.0258 e. The van der Waals surface area contributed by atoms with E-state index in [-0.39, 0.29) is 0 Å². The molecule has 1 N–H and O–H groups in total. The quantitative estimate of drug-likeness (QED) is 0.550. The summed E-state index contributed by atoms with van der Waals surface area (Å²) in [7, 11) is 6.13. The van der Waals surface area contributed by atoms with Gasteiger partial charge in [0.1, 0.15) is 0 Å². The van der Waals surface area contributed by atoms with Crippen LogP contribution in [0.1, 0.15) is 6.92 Å². The van der Waals surface area contributed by atoms with E-state index < -0.39 is 0 Å². The molecule has 0 saturated heterocycles. The number of rotatable bonds is 5. The summed E-state index contributed by atoms with van der Waals surface area (Å²) in [5.41, 5.74) is 3.11. The second kappa shape index (κ2) is 5.65. The molecule has 0 bridgehead atoms. The Morgan fingerprint density at radius 2 is 1.80 bits per heavy atom. The summed E-state index contributed by atoms with van der Waals surface area (Å²) < 4.78 is 0.